The Kier molecular flexibility index (Phi) is 2.59. The standard InChI is InChI=1S/C8H6F7NO2/c9-3-1-4-5(17)18-6(7(10,11)12,8(13,14)15)16(4)2-3/h3-4H,1-2H2/t3-,4-/m0/s1. The quantitative estimate of drug-likeness (QED) is 0.500. The molecule has 2 saturated heterocycles. The molecule has 10 heteroatoms. The van der Waals surface area contributed by atoms with Crippen molar-refractivity contribution in [1.29, 1.82) is 0 Å². The molecule has 0 aromatic carbocycles. The van der Waals surface area contributed by atoms with Gasteiger partial charge in [0.1, 0.15) is 12.2 Å². The molecule has 2 aliphatic heterocycles. The van der Waals surface area contributed by atoms with Gasteiger partial charge in [0, 0.05) is 13.0 Å². The molecule has 0 spiro atoms. The highest BCUT2D eigenvalue weighted by Crippen LogP contribution is 2.54. The van der Waals surface area contributed by atoms with Gasteiger partial charge in [0.25, 0.3) is 0 Å². The summed E-state index contributed by atoms with van der Waals surface area (Å²) < 4.78 is 92.7. The van der Waals surface area contributed by atoms with Crippen molar-refractivity contribution < 1.29 is 40.3 Å². The summed E-state index contributed by atoms with van der Waals surface area (Å²) in [7, 11) is 0. The molecule has 0 radical (unpaired) electrons. The summed E-state index contributed by atoms with van der Waals surface area (Å²) in [4.78, 5) is 10.8. The van der Waals surface area contributed by atoms with Crippen LogP contribution in [0, 0.1) is 0 Å². The SMILES string of the molecule is O=C1OC(C(F)(F)F)(C(F)(F)F)N2C[C@@H](F)C[C@@H]12. The van der Waals surface area contributed by atoms with Crippen LogP contribution in [0.5, 0.6) is 0 Å². The predicted molar refractivity (Wildman–Crippen MR) is 40.9 cm³/mol. The number of ether oxygens (including phenoxy) is 1. The van der Waals surface area contributed by atoms with E-state index in [4.69, 9.17) is 0 Å². The first-order valence-electron chi connectivity index (χ1n) is 4.78. The summed E-state index contributed by atoms with van der Waals surface area (Å²) in [6.07, 6.45) is -14.4. The van der Waals surface area contributed by atoms with Crippen LogP contribution in [0.25, 0.3) is 0 Å². The van der Waals surface area contributed by atoms with Gasteiger partial charge in [-0.25, -0.2) is 9.29 Å². The molecule has 0 aromatic rings. The molecular weight excluding hydrogens is 275 g/mol. The third-order valence-corrected chi connectivity index (χ3v) is 2.94. The zero-order valence-corrected chi connectivity index (χ0v) is 8.48. The molecule has 2 atom stereocenters. The second-order valence-corrected chi connectivity index (χ2v) is 4.06. The largest absolute Gasteiger partial charge is 0.453 e. The molecule has 2 rings (SSSR count). The number of carbonyl (C=O) groups is 1. The maximum Gasteiger partial charge on any atom is 0.453 e. The Morgan fingerprint density at radius 3 is 2.11 bits per heavy atom. The van der Waals surface area contributed by atoms with E-state index in [2.05, 4.69) is 4.74 Å². The topological polar surface area (TPSA) is 29.5 Å². The summed E-state index contributed by atoms with van der Waals surface area (Å²) in [5.41, 5.74) is -4.73. The molecule has 2 heterocycles. The van der Waals surface area contributed by atoms with Crippen LogP contribution in [0.4, 0.5) is 30.7 Å². The summed E-state index contributed by atoms with van der Waals surface area (Å²) in [5.74, 6) is -1.70. The van der Waals surface area contributed by atoms with Crippen LogP contribution in [-0.2, 0) is 9.53 Å². The maximum absolute atomic E-state index is 13.0. The number of alkyl halides is 7. The normalized spacial score (nSPS) is 32.5. The molecule has 0 saturated carbocycles. The van der Waals surface area contributed by atoms with Gasteiger partial charge in [-0.3, -0.25) is 4.79 Å². The van der Waals surface area contributed by atoms with Gasteiger partial charge in [0.15, 0.2) is 0 Å². The highest BCUT2D eigenvalue weighted by atomic mass is 19.4. The lowest BCUT2D eigenvalue weighted by Crippen LogP contribution is -2.66. The number of carbonyl (C=O) groups excluding carboxylic acids is 1. The predicted octanol–water partition coefficient (Wildman–Crippen LogP) is 1.78. The third kappa shape index (κ3) is 1.50. The number of nitrogens with zero attached hydrogens (tertiary/aromatic N) is 1. The van der Waals surface area contributed by atoms with E-state index in [-0.39, 0.29) is 4.90 Å². The highest BCUT2D eigenvalue weighted by Gasteiger charge is 2.82. The van der Waals surface area contributed by atoms with Gasteiger partial charge in [-0.1, -0.05) is 0 Å². The number of fused-ring (bicyclic) bond motifs is 1. The average Bonchev–Trinajstić information content (AvgIpc) is 2.61. The van der Waals surface area contributed by atoms with Crippen LogP contribution in [0.3, 0.4) is 0 Å². The maximum atomic E-state index is 13.0. The van der Waals surface area contributed by atoms with Crippen molar-refractivity contribution in [1.82, 2.24) is 4.90 Å². The van der Waals surface area contributed by atoms with Crippen LogP contribution < -0.4 is 0 Å². The van der Waals surface area contributed by atoms with Crippen molar-refractivity contribution in [2.24, 2.45) is 0 Å². The van der Waals surface area contributed by atoms with Crippen molar-refractivity contribution in [3.05, 3.63) is 0 Å². The molecule has 0 bridgehead atoms. The van der Waals surface area contributed by atoms with Crippen molar-refractivity contribution in [2.75, 3.05) is 6.54 Å². The molecule has 0 N–H and O–H groups in total. The molecule has 0 unspecified atom stereocenters. The van der Waals surface area contributed by atoms with Gasteiger partial charge in [0.2, 0.25) is 0 Å². The number of cyclic esters (lactones) is 1. The number of hydrogen-bond acceptors (Lipinski definition) is 3. The van der Waals surface area contributed by atoms with E-state index >= 15 is 0 Å². The van der Waals surface area contributed by atoms with E-state index in [1.807, 2.05) is 0 Å². The second kappa shape index (κ2) is 3.49. The first kappa shape index (κ1) is 13.4. The fourth-order valence-corrected chi connectivity index (χ4v) is 2.23. The Hall–Kier alpha value is -1.06. The van der Waals surface area contributed by atoms with Crippen molar-refractivity contribution >= 4 is 5.97 Å². The van der Waals surface area contributed by atoms with Crippen LogP contribution >= 0.6 is 0 Å². The lowest BCUT2D eigenvalue weighted by molar-refractivity contribution is -0.400. The number of hydrogen-bond donors (Lipinski definition) is 0. The first-order valence-corrected chi connectivity index (χ1v) is 4.78. The molecule has 104 valence electrons. The molecule has 0 aromatic heterocycles. The summed E-state index contributed by atoms with van der Waals surface area (Å²) in [5, 5.41) is 0. The fourth-order valence-electron chi connectivity index (χ4n) is 2.23. The summed E-state index contributed by atoms with van der Waals surface area (Å²) >= 11 is 0. The zero-order valence-electron chi connectivity index (χ0n) is 8.48. The van der Waals surface area contributed by atoms with Gasteiger partial charge >= 0.3 is 24.0 Å². The molecule has 2 aliphatic rings. The molecule has 0 aliphatic carbocycles. The van der Waals surface area contributed by atoms with Gasteiger partial charge in [-0.2, -0.15) is 26.3 Å². The second-order valence-electron chi connectivity index (χ2n) is 4.06. The Labute approximate surface area is 95.5 Å². The zero-order chi connectivity index (χ0) is 13.9. The smallest absolute Gasteiger partial charge is 0.423 e. The third-order valence-electron chi connectivity index (χ3n) is 2.94. The van der Waals surface area contributed by atoms with Crippen molar-refractivity contribution in [3.8, 4) is 0 Å². The lowest BCUT2D eigenvalue weighted by atomic mass is 10.1. The van der Waals surface area contributed by atoms with E-state index in [9.17, 15) is 35.5 Å². The van der Waals surface area contributed by atoms with Crippen LogP contribution in [0.2, 0.25) is 0 Å². The number of halogens is 7. The van der Waals surface area contributed by atoms with Gasteiger partial charge in [0.05, 0.1) is 0 Å². The molecule has 0 amide bonds. The van der Waals surface area contributed by atoms with Gasteiger partial charge in [-0.15, -0.1) is 0 Å². The van der Waals surface area contributed by atoms with E-state index in [0.717, 1.165) is 0 Å². The summed E-state index contributed by atoms with van der Waals surface area (Å²) in [6.45, 7) is -1.14. The minimum Gasteiger partial charge on any atom is -0.423 e. The van der Waals surface area contributed by atoms with Crippen molar-refractivity contribution in [3.63, 3.8) is 0 Å². The van der Waals surface area contributed by atoms with E-state index < -0.39 is 49.2 Å². The van der Waals surface area contributed by atoms with Gasteiger partial charge in [-0.05, 0) is 0 Å². The Morgan fingerprint density at radius 2 is 1.67 bits per heavy atom. The number of rotatable bonds is 0. The highest BCUT2D eigenvalue weighted by molar-refractivity contribution is 5.79. The minimum atomic E-state index is -5.89. The molecule has 18 heavy (non-hydrogen) atoms. The Balaban J connectivity index is 2.53. The molecule has 2 fully saturated rings. The average molecular weight is 281 g/mol. The fraction of sp³-hybridized carbons (Fsp3) is 0.875. The van der Waals surface area contributed by atoms with Crippen LogP contribution in [0.1, 0.15) is 6.42 Å². The Bertz CT molecular complexity index is 363. The van der Waals surface area contributed by atoms with Crippen molar-refractivity contribution in [2.45, 2.75) is 36.7 Å². The van der Waals surface area contributed by atoms with E-state index in [0.29, 0.717) is 0 Å². The van der Waals surface area contributed by atoms with E-state index in [1.165, 1.54) is 0 Å². The Morgan fingerprint density at radius 1 is 1.17 bits per heavy atom. The monoisotopic (exact) mass is 281 g/mol. The molecule has 3 nitrogen and oxygen atoms in total. The van der Waals surface area contributed by atoms with E-state index in [1.54, 1.807) is 0 Å². The summed E-state index contributed by atoms with van der Waals surface area (Å²) in [6, 6.07) is -1.84. The van der Waals surface area contributed by atoms with Gasteiger partial charge < -0.3 is 4.74 Å². The van der Waals surface area contributed by atoms with Crippen LogP contribution in [0.15, 0.2) is 0 Å². The lowest BCUT2D eigenvalue weighted by Gasteiger charge is -2.37. The first-order chi connectivity index (χ1) is 8.00. The molecular formula is C8H6F7NO2. The number of esters is 1. The van der Waals surface area contributed by atoms with Crippen LogP contribution in [-0.4, -0.2) is 47.7 Å². The minimum absolute atomic E-state index is 0.292.